The molecule has 1 aliphatic heterocycles. The third-order valence-corrected chi connectivity index (χ3v) is 3.55. The molecule has 1 N–H and O–H groups in total. The molecule has 126 valence electrons. The van der Waals surface area contributed by atoms with E-state index in [1.165, 1.54) is 11.0 Å². The van der Waals surface area contributed by atoms with Crippen LogP contribution in [0.15, 0.2) is 12.7 Å². The average molecular weight is 313 g/mol. The van der Waals surface area contributed by atoms with Gasteiger partial charge in [0.2, 0.25) is 0 Å². The summed E-state index contributed by atoms with van der Waals surface area (Å²) in [5.74, 6) is -1.04. The molecule has 0 aliphatic carbocycles. The van der Waals surface area contributed by atoms with Crippen LogP contribution in [-0.4, -0.2) is 53.0 Å². The summed E-state index contributed by atoms with van der Waals surface area (Å²) in [6.07, 6.45) is 1.09. The normalized spacial score (nSPS) is 25.5. The Kier molecular flexibility index (Phi) is 6.41. The third-order valence-electron chi connectivity index (χ3n) is 3.55. The van der Waals surface area contributed by atoms with Crippen molar-refractivity contribution in [2.24, 2.45) is 5.92 Å². The SMILES string of the molecule is C=CCOC(=O)N1CC(O)C(C(=O)OC(C)(C)C)C[C@H]1CC. The number of aliphatic hydroxyl groups excluding tert-OH is 1. The zero-order valence-corrected chi connectivity index (χ0v) is 13.9. The van der Waals surface area contributed by atoms with E-state index in [0.717, 1.165) is 0 Å². The Morgan fingerprint density at radius 3 is 2.55 bits per heavy atom. The molecule has 1 saturated heterocycles. The van der Waals surface area contributed by atoms with Gasteiger partial charge in [0.05, 0.1) is 18.6 Å². The number of hydrogen-bond acceptors (Lipinski definition) is 5. The predicted molar refractivity (Wildman–Crippen MR) is 82.3 cm³/mol. The summed E-state index contributed by atoms with van der Waals surface area (Å²) in [6, 6.07) is -0.154. The lowest BCUT2D eigenvalue weighted by atomic mass is 9.87. The highest BCUT2D eigenvalue weighted by Crippen LogP contribution is 2.28. The molecular formula is C16H27NO5. The van der Waals surface area contributed by atoms with E-state index < -0.39 is 29.7 Å². The number of esters is 1. The second-order valence-electron chi connectivity index (χ2n) is 6.52. The van der Waals surface area contributed by atoms with Gasteiger partial charge < -0.3 is 19.5 Å². The van der Waals surface area contributed by atoms with Gasteiger partial charge in [-0.2, -0.15) is 0 Å². The van der Waals surface area contributed by atoms with Gasteiger partial charge in [0, 0.05) is 6.04 Å². The van der Waals surface area contributed by atoms with Gasteiger partial charge >= 0.3 is 12.1 Å². The van der Waals surface area contributed by atoms with Crippen molar-refractivity contribution in [2.75, 3.05) is 13.2 Å². The van der Waals surface area contributed by atoms with Crippen LogP contribution in [0.4, 0.5) is 4.79 Å². The number of hydrogen-bond donors (Lipinski definition) is 1. The topological polar surface area (TPSA) is 76.1 Å². The van der Waals surface area contributed by atoms with E-state index in [1.54, 1.807) is 20.8 Å². The zero-order valence-electron chi connectivity index (χ0n) is 13.9. The van der Waals surface area contributed by atoms with E-state index in [4.69, 9.17) is 9.47 Å². The second kappa shape index (κ2) is 7.63. The Balaban J connectivity index is 2.76. The monoisotopic (exact) mass is 313 g/mol. The van der Waals surface area contributed by atoms with Crippen LogP contribution in [0.25, 0.3) is 0 Å². The van der Waals surface area contributed by atoms with Crippen molar-refractivity contribution in [2.45, 2.75) is 58.3 Å². The molecule has 0 aromatic rings. The number of piperidine rings is 1. The van der Waals surface area contributed by atoms with Crippen molar-refractivity contribution in [3.8, 4) is 0 Å². The lowest BCUT2D eigenvalue weighted by Crippen LogP contribution is -2.54. The standard InChI is InChI=1S/C16H27NO5/c1-6-8-21-15(20)17-10-13(18)12(9-11(17)7-2)14(19)22-16(3,4)5/h6,11-13,18H,1,7-10H2,2-5H3/t11-,12?,13?/m1/s1. The quantitative estimate of drug-likeness (QED) is 0.635. The Hall–Kier alpha value is -1.56. The summed E-state index contributed by atoms with van der Waals surface area (Å²) in [6.45, 7) is 11.0. The Morgan fingerprint density at radius 2 is 2.05 bits per heavy atom. The number of aliphatic hydroxyl groups is 1. The van der Waals surface area contributed by atoms with E-state index in [1.807, 2.05) is 6.92 Å². The van der Waals surface area contributed by atoms with Crippen molar-refractivity contribution < 1.29 is 24.2 Å². The lowest BCUT2D eigenvalue weighted by molar-refractivity contribution is -0.168. The number of carbonyl (C=O) groups excluding carboxylic acids is 2. The van der Waals surface area contributed by atoms with Crippen molar-refractivity contribution in [1.29, 1.82) is 0 Å². The Bertz CT molecular complexity index is 415. The zero-order chi connectivity index (χ0) is 16.9. The fourth-order valence-electron chi connectivity index (χ4n) is 2.51. The minimum atomic E-state index is -0.950. The highest BCUT2D eigenvalue weighted by Gasteiger charge is 2.42. The van der Waals surface area contributed by atoms with Gasteiger partial charge in [-0.25, -0.2) is 4.79 Å². The summed E-state index contributed by atoms with van der Waals surface area (Å²) in [4.78, 5) is 25.7. The van der Waals surface area contributed by atoms with Gasteiger partial charge in [-0.3, -0.25) is 4.79 Å². The van der Waals surface area contributed by atoms with E-state index in [0.29, 0.717) is 12.8 Å². The van der Waals surface area contributed by atoms with E-state index >= 15 is 0 Å². The minimum Gasteiger partial charge on any atom is -0.460 e. The second-order valence-corrected chi connectivity index (χ2v) is 6.52. The number of rotatable bonds is 4. The summed E-state index contributed by atoms with van der Waals surface area (Å²) in [5, 5.41) is 10.2. The summed E-state index contributed by atoms with van der Waals surface area (Å²) in [7, 11) is 0. The molecule has 1 aliphatic rings. The van der Waals surface area contributed by atoms with Crippen LogP contribution in [0.5, 0.6) is 0 Å². The van der Waals surface area contributed by atoms with Gasteiger partial charge in [-0.15, -0.1) is 0 Å². The van der Waals surface area contributed by atoms with Gasteiger partial charge in [0.1, 0.15) is 12.2 Å². The molecule has 0 radical (unpaired) electrons. The number of amides is 1. The van der Waals surface area contributed by atoms with Crippen LogP contribution in [0.3, 0.4) is 0 Å². The first-order chi connectivity index (χ1) is 10.2. The molecule has 0 spiro atoms. The van der Waals surface area contributed by atoms with E-state index in [-0.39, 0.29) is 19.2 Å². The molecular weight excluding hydrogens is 286 g/mol. The number of nitrogens with zero attached hydrogens (tertiary/aromatic N) is 1. The minimum absolute atomic E-state index is 0.0678. The van der Waals surface area contributed by atoms with E-state index in [9.17, 15) is 14.7 Å². The van der Waals surface area contributed by atoms with Crippen molar-refractivity contribution in [1.82, 2.24) is 4.90 Å². The molecule has 6 nitrogen and oxygen atoms in total. The van der Waals surface area contributed by atoms with Crippen LogP contribution in [0, 0.1) is 5.92 Å². The summed E-state index contributed by atoms with van der Waals surface area (Å²) in [5.41, 5.74) is -0.599. The molecule has 6 heteroatoms. The first-order valence-electron chi connectivity index (χ1n) is 7.64. The predicted octanol–water partition coefficient (Wildman–Crippen LogP) is 2.11. The van der Waals surface area contributed by atoms with Crippen molar-refractivity contribution in [3.63, 3.8) is 0 Å². The molecule has 22 heavy (non-hydrogen) atoms. The van der Waals surface area contributed by atoms with Gasteiger partial charge in [0.25, 0.3) is 0 Å². The maximum atomic E-state index is 12.2. The number of likely N-dealkylation sites (tertiary alicyclic amines) is 1. The first-order valence-corrected chi connectivity index (χ1v) is 7.64. The van der Waals surface area contributed by atoms with Crippen LogP contribution in [0.1, 0.15) is 40.5 Å². The number of ether oxygens (including phenoxy) is 2. The largest absolute Gasteiger partial charge is 0.460 e. The fourth-order valence-corrected chi connectivity index (χ4v) is 2.51. The maximum absolute atomic E-state index is 12.2. The van der Waals surface area contributed by atoms with Gasteiger partial charge in [-0.1, -0.05) is 19.6 Å². The lowest BCUT2D eigenvalue weighted by Gasteiger charge is -2.40. The molecule has 1 amide bonds. The molecule has 1 rings (SSSR count). The highest BCUT2D eigenvalue weighted by atomic mass is 16.6. The van der Waals surface area contributed by atoms with Gasteiger partial charge in [0.15, 0.2) is 0 Å². The Morgan fingerprint density at radius 1 is 1.41 bits per heavy atom. The molecule has 3 atom stereocenters. The van der Waals surface area contributed by atoms with Crippen LogP contribution < -0.4 is 0 Å². The molecule has 0 bridgehead atoms. The molecule has 0 saturated carbocycles. The summed E-state index contributed by atoms with van der Waals surface area (Å²) >= 11 is 0. The van der Waals surface area contributed by atoms with Gasteiger partial charge in [-0.05, 0) is 33.6 Å². The van der Waals surface area contributed by atoms with Crippen LogP contribution in [-0.2, 0) is 14.3 Å². The number of carbonyl (C=O) groups is 2. The number of β-amino-alcohol motifs (C(OH)–C–C–N with tert-alkyl or cyclic N) is 1. The Labute approximate surface area is 132 Å². The van der Waals surface area contributed by atoms with Crippen LogP contribution >= 0.6 is 0 Å². The smallest absolute Gasteiger partial charge is 0.410 e. The fraction of sp³-hybridized carbons (Fsp3) is 0.750. The van der Waals surface area contributed by atoms with E-state index in [2.05, 4.69) is 6.58 Å². The first kappa shape index (κ1) is 18.5. The van der Waals surface area contributed by atoms with Crippen molar-refractivity contribution in [3.05, 3.63) is 12.7 Å². The average Bonchev–Trinajstić information content (AvgIpc) is 2.42. The highest BCUT2D eigenvalue weighted by molar-refractivity contribution is 5.75. The molecule has 1 fully saturated rings. The van der Waals surface area contributed by atoms with Crippen LogP contribution in [0.2, 0.25) is 0 Å². The molecule has 2 unspecified atom stereocenters. The van der Waals surface area contributed by atoms with Crippen molar-refractivity contribution >= 4 is 12.1 Å². The maximum Gasteiger partial charge on any atom is 0.410 e. The molecule has 0 aromatic carbocycles. The third kappa shape index (κ3) is 5.02. The molecule has 0 aromatic heterocycles. The summed E-state index contributed by atoms with van der Waals surface area (Å²) < 4.78 is 10.4. The molecule has 1 heterocycles.